The summed E-state index contributed by atoms with van der Waals surface area (Å²) >= 11 is 0. The third-order valence-electron chi connectivity index (χ3n) is 0.949. The molecule has 0 spiro atoms. The number of nitrogens with zero attached hydrogens (tertiary/aromatic N) is 3. The minimum atomic E-state index is 0. The van der Waals surface area contributed by atoms with E-state index in [0.29, 0.717) is 0 Å². The van der Waals surface area contributed by atoms with Crippen molar-refractivity contribution in [1.29, 1.82) is 0 Å². The van der Waals surface area contributed by atoms with Gasteiger partial charge in [-0.15, -0.1) is 0 Å². The van der Waals surface area contributed by atoms with Gasteiger partial charge >= 0.3 is 35.6 Å². The fourth-order valence-corrected chi connectivity index (χ4v) is 0. The van der Waals surface area contributed by atoms with Crippen molar-refractivity contribution in [3.63, 3.8) is 0 Å². The van der Waals surface area contributed by atoms with Gasteiger partial charge in [0.1, 0.15) is 0 Å². The van der Waals surface area contributed by atoms with Crippen molar-refractivity contribution in [2.75, 3.05) is 40.8 Å². The second-order valence-electron chi connectivity index (χ2n) is 1.90. The summed E-state index contributed by atoms with van der Waals surface area (Å²) in [5.41, 5.74) is 0. The quantitative estimate of drug-likeness (QED) is 0.769. The normalized spacial score (nSPS) is 6.92. The first-order valence-corrected chi connectivity index (χ1v) is 4.41. The molecule has 0 saturated carbocycles. The minimum absolute atomic E-state index is 0. The van der Waals surface area contributed by atoms with E-state index in [1.54, 1.807) is 21.1 Å². The van der Waals surface area contributed by atoms with Crippen LogP contribution in [0.3, 0.4) is 0 Å². The molecule has 0 aromatic rings. The summed E-state index contributed by atoms with van der Waals surface area (Å²) in [6.45, 7) is 8.88. The molecule has 0 radical (unpaired) electrons. The summed E-state index contributed by atoms with van der Waals surface area (Å²) in [4.78, 5) is 0. The Hall–Kier alpha value is 1.07. The van der Waals surface area contributed by atoms with Gasteiger partial charge in [-0.3, -0.25) is 0 Å². The van der Waals surface area contributed by atoms with Gasteiger partial charge in [0, 0.05) is 0 Å². The summed E-state index contributed by atoms with van der Waals surface area (Å²) in [5, 5.41) is 11.2. The Balaban J connectivity index is -0.0000000450. The summed E-state index contributed by atoms with van der Waals surface area (Å²) < 4.78 is 0. The Labute approximate surface area is 112 Å². The van der Waals surface area contributed by atoms with E-state index >= 15 is 0 Å². The zero-order chi connectivity index (χ0) is 10.2. The molecule has 0 rings (SSSR count). The summed E-state index contributed by atoms with van der Waals surface area (Å²) in [6, 6.07) is 0. The fourth-order valence-electron chi connectivity index (χ4n) is 0. The Kier molecular flexibility index (Phi) is 69.4. The molecule has 0 aliphatic rings. The summed E-state index contributed by atoms with van der Waals surface area (Å²) in [5.74, 6) is 0. The van der Waals surface area contributed by atoms with Gasteiger partial charge in [-0.25, -0.2) is 0 Å². The molecule has 3 nitrogen and oxygen atoms in total. The molecular weight excluding hydrogens is 289 g/mol. The molecular formula is C9H24LaN3. The maximum absolute atomic E-state index is 3.74. The Morgan fingerprint density at radius 3 is 0.692 bits per heavy atom. The van der Waals surface area contributed by atoms with Gasteiger partial charge in [-0.1, -0.05) is 20.8 Å². The Morgan fingerprint density at radius 2 is 0.692 bits per heavy atom. The van der Waals surface area contributed by atoms with Crippen molar-refractivity contribution in [1.82, 2.24) is 0 Å². The molecule has 78 valence electrons. The van der Waals surface area contributed by atoms with Crippen molar-refractivity contribution in [3.8, 4) is 0 Å². The van der Waals surface area contributed by atoms with Gasteiger partial charge in [0.05, 0.1) is 0 Å². The van der Waals surface area contributed by atoms with Crippen LogP contribution in [0.1, 0.15) is 20.8 Å². The summed E-state index contributed by atoms with van der Waals surface area (Å²) in [7, 11) is 5.42. The number of hydrogen-bond donors (Lipinski definition) is 0. The minimum Gasteiger partial charge on any atom is -0.665 e. The van der Waals surface area contributed by atoms with E-state index in [2.05, 4.69) is 16.0 Å². The molecule has 0 aliphatic carbocycles. The zero-order valence-corrected chi connectivity index (χ0v) is 13.7. The van der Waals surface area contributed by atoms with Crippen molar-refractivity contribution < 1.29 is 35.6 Å². The standard InChI is InChI=1S/3C3H8N.La/c3*1-3-4-2;/h3*3H2,1-2H3;/q3*-1;+3. The smallest absolute Gasteiger partial charge is 0.665 e. The van der Waals surface area contributed by atoms with Gasteiger partial charge < -0.3 is 16.0 Å². The molecule has 0 atom stereocenters. The molecule has 0 fully saturated rings. The van der Waals surface area contributed by atoms with E-state index in [1.165, 1.54) is 0 Å². The van der Waals surface area contributed by atoms with E-state index in [9.17, 15) is 0 Å². The zero-order valence-electron chi connectivity index (χ0n) is 10.0. The maximum Gasteiger partial charge on any atom is 3.00 e. The largest absolute Gasteiger partial charge is 3.00 e. The van der Waals surface area contributed by atoms with Crippen LogP contribution in [-0.2, 0) is 0 Å². The average Bonchev–Trinajstić information content (AvgIpc) is 2.18. The fraction of sp³-hybridized carbons (Fsp3) is 1.00. The molecule has 0 saturated heterocycles. The molecule has 0 heterocycles. The average molecular weight is 313 g/mol. The van der Waals surface area contributed by atoms with E-state index in [1.807, 2.05) is 20.8 Å². The van der Waals surface area contributed by atoms with Crippen LogP contribution in [0.2, 0.25) is 0 Å². The van der Waals surface area contributed by atoms with Crippen LogP contribution in [0.25, 0.3) is 16.0 Å². The molecule has 0 aromatic heterocycles. The van der Waals surface area contributed by atoms with Gasteiger partial charge in [-0.2, -0.15) is 40.8 Å². The molecule has 0 aliphatic heterocycles. The van der Waals surface area contributed by atoms with Crippen LogP contribution in [0.5, 0.6) is 0 Å². The van der Waals surface area contributed by atoms with Crippen molar-refractivity contribution >= 4 is 0 Å². The summed E-state index contributed by atoms with van der Waals surface area (Å²) in [6.07, 6.45) is 0. The first-order valence-electron chi connectivity index (χ1n) is 4.41. The molecule has 4 heteroatoms. The third-order valence-corrected chi connectivity index (χ3v) is 0.949. The number of hydrogen-bond acceptors (Lipinski definition) is 0. The van der Waals surface area contributed by atoms with E-state index in [0.717, 1.165) is 19.6 Å². The van der Waals surface area contributed by atoms with Crippen molar-refractivity contribution in [3.05, 3.63) is 16.0 Å². The van der Waals surface area contributed by atoms with Gasteiger partial charge in [-0.05, 0) is 0 Å². The first kappa shape index (κ1) is 23.7. The Bertz CT molecular complexity index is 30.3. The Morgan fingerprint density at radius 1 is 0.615 bits per heavy atom. The first-order chi connectivity index (χ1) is 5.74. The molecule has 0 amide bonds. The van der Waals surface area contributed by atoms with E-state index in [4.69, 9.17) is 0 Å². The topological polar surface area (TPSA) is 42.3 Å². The predicted octanol–water partition coefficient (Wildman–Crippen LogP) is 3.03. The van der Waals surface area contributed by atoms with Crippen LogP contribution in [0, 0.1) is 35.6 Å². The van der Waals surface area contributed by atoms with Crippen LogP contribution in [0.4, 0.5) is 0 Å². The monoisotopic (exact) mass is 313 g/mol. The third kappa shape index (κ3) is 96.6. The molecule has 13 heavy (non-hydrogen) atoms. The van der Waals surface area contributed by atoms with Crippen LogP contribution < -0.4 is 0 Å². The molecule has 0 unspecified atom stereocenters. The van der Waals surface area contributed by atoms with E-state index < -0.39 is 0 Å². The SMILES string of the molecule is CC[N-]C.CC[N-]C.CC[N-]C.[La+3]. The number of rotatable bonds is 3. The van der Waals surface area contributed by atoms with Gasteiger partial charge in [0.2, 0.25) is 0 Å². The van der Waals surface area contributed by atoms with Gasteiger partial charge in [0.25, 0.3) is 0 Å². The second kappa shape index (κ2) is 38.1. The van der Waals surface area contributed by atoms with Crippen molar-refractivity contribution in [2.45, 2.75) is 20.8 Å². The molecule has 0 bridgehead atoms. The van der Waals surface area contributed by atoms with E-state index in [-0.39, 0.29) is 35.6 Å². The predicted molar refractivity (Wildman–Crippen MR) is 59.5 cm³/mol. The van der Waals surface area contributed by atoms with Gasteiger partial charge in [0.15, 0.2) is 0 Å². The van der Waals surface area contributed by atoms with Crippen LogP contribution in [0.15, 0.2) is 0 Å². The molecule has 0 aromatic carbocycles. The van der Waals surface area contributed by atoms with Crippen LogP contribution >= 0.6 is 0 Å². The second-order valence-corrected chi connectivity index (χ2v) is 1.90. The van der Waals surface area contributed by atoms with Crippen molar-refractivity contribution in [2.24, 2.45) is 0 Å². The molecule has 0 N–H and O–H groups in total. The maximum atomic E-state index is 3.74. The van der Waals surface area contributed by atoms with Crippen LogP contribution in [-0.4, -0.2) is 40.8 Å².